The zero-order valence-corrected chi connectivity index (χ0v) is 20.1. The number of aromatic nitrogens is 4. The summed E-state index contributed by atoms with van der Waals surface area (Å²) in [6, 6.07) is 7.52. The lowest BCUT2D eigenvalue weighted by molar-refractivity contribution is -0.119. The summed E-state index contributed by atoms with van der Waals surface area (Å²) in [5, 5.41) is 1.66. The van der Waals surface area contributed by atoms with E-state index in [4.69, 9.17) is 19.9 Å². The minimum atomic E-state index is -0.277. The highest BCUT2D eigenvalue weighted by Crippen LogP contribution is 2.36. The maximum absolute atomic E-state index is 11.1. The molecule has 0 bridgehead atoms. The van der Waals surface area contributed by atoms with E-state index >= 15 is 0 Å². The van der Waals surface area contributed by atoms with Gasteiger partial charge in [0, 0.05) is 50.4 Å². The number of hydrogen-bond donors (Lipinski definition) is 2. The Labute approximate surface area is 208 Å². The van der Waals surface area contributed by atoms with Crippen LogP contribution in [-0.4, -0.2) is 88.6 Å². The van der Waals surface area contributed by atoms with Gasteiger partial charge in [0.15, 0.2) is 11.5 Å². The van der Waals surface area contributed by atoms with E-state index in [1.165, 1.54) is 6.33 Å². The van der Waals surface area contributed by atoms with Crippen LogP contribution in [0.3, 0.4) is 0 Å². The van der Waals surface area contributed by atoms with Crippen molar-refractivity contribution in [2.24, 2.45) is 5.73 Å². The van der Waals surface area contributed by atoms with E-state index < -0.39 is 0 Å². The molecule has 4 heterocycles. The SMILES string of the molecule is COc1cc2c(Oc3cnc4[nH]ccc4c3)ncnc2cc1OCCCN1CCN(CC(N)=O)CC1. The molecule has 1 aliphatic rings. The number of benzene rings is 1. The Morgan fingerprint density at radius 1 is 1.08 bits per heavy atom. The van der Waals surface area contributed by atoms with Crippen molar-refractivity contribution in [3.63, 3.8) is 0 Å². The fraction of sp³-hybridized carbons (Fsp3) is 0.360. The van der Waals surface area contributed by atoms with Crippen molar-refractivity contribution in [1.82, 2.24) is 29.7 Å². The molecule has 1 amide bonds. The molecule has 1 fully saturated rings. The molecule has 0 saturated carbocycles. The molecule has 0 aliphatic carbocycles. The van der Waals surface area contributed by atoms with Gasteiger partial charge in [0.05, 0.1) is 37.4 Å². The molecule has 0 unspecified atom stereocenters. The number of hydrogen-bond acceptors (Lipinski definition) is 9. The first kappa shape index (κ1) is 23.8. The first-order chi connectivity index (χ1) is 17.6. The van der Waals surface area contributed by atoms with Gasteiger partial charge in [0.25, 0.3) is 0 Å². The number of amides is 1. The molecule has 5 rings (SSSR count). The molecular weight excluding hydrogens is 462 g/mol. The summed E-state index contributed by atoms with van der Waals surface area (Å²) in [6.45, 7) is 5.31. The molecule has 0 radical (unpaired) electrons. The summed E-state index contributed by atoms with van der Waals surface area (Å²) < 4.78 is 17.7. The molecule has 3 aromatic heterocycles. The standard InChI is InChI=1S/C25H29N7O4/c1-34-21-12-19-20(29-16-30-25(19)36-18-11-17-3-4-27-24(17)28-14-18)13-22(21)35-10-2-5-31-6-8-32(9-7-31)15-23(26)33/h3-4,11-14,16H,2,5-10,15H2,1H3,(H2,26,33)(H,27,28). The van der Waals surface area contributed by atoms with Gasteiger partial charge < -0.3 is 29.8 Å². The van der Waals surface area contributed by atoms with Gasteiger partial charge in [0.1, 0.15) is 17.7 Å². The van der Waals surface area contributed by atoms with E-state index in [1.807, 2.05) is 30.5 Å². The lowest BCUT2D eigenvalue weighted by Crippen LogP contribution is -2.49. The highest BCUT2D eigenvalue weighted by atomic mass is 16.5. The number of fused-ring (bicyclic) bond motifs is 2. The molecular formula is C25H29N7O4. The van der Waals surface area contributed by atoms with E-state index in [9.17, 15) is 4.79 Å². The van der Waals surface area contributed by atoms with Crippen LogP contribution in [0.4, 0.5) is 0 Å². The summed E-state index contributed by atoms with van der Waals surface area (Å²) in [5.74, 6) is 1.92. The average Bonchev–Trinajstić information content (AvgIpc) is 3.35. The minimum Gasteiger partial charge on any atom is -0.493 e. The Balaban J connectivity index is 1.21. The molecule has 0 spiro atoms. The third kappa shape index (κ3) is 5.47. The first-order valence-electron chi connectivity index (χ1n) is 11.9. The van der Waals surface area contributed by atoms with Crippen LogP contribution < -0.4 is 19.9 Å². The van der Waals surface area contributed by atoms with Crippen LogP contribution in [0.1, 0.15) is 6.42 Å². The van der Waals surface area contributed by atoms with Gasteiger partial charge in [-0.3, -0.25) is 9.69 Å². The molecule has 0 atom stereocenters. The van der Waals surface area contributed by atoms with Crippen LogP contribution in [0.5, 0.6) is 23.1 Å². The largest absolute Gasteiger partial charge is 0.493 e. The third-order valence-corrected chi connectivity index (χ3v) is 6.19. The van der Waals surface area contributed by atoms with Crippen molar-refractivity contribution in [3.8, 4) is 23.1 Å². The number of primary amides is 1. The number of carbonyl (C=O) groups excluding carboxylic acids is 1. The molecule has 1 saturated heterocycles. The van der Waals surface area contributed by atoms with E-state index in [0.717, 1.165) is 50.2 Å². The first-order valence-corrected chi connectivity index (χ1v) is 11.9. The number of methoxy groups -OCH3 is 1. The number of piperazine rings is 1. The Hall–Kier alpha value is -3.96. The van der Waals surface area contributed by atoms with Gasteiger partial charge in [-0.15, -0.1) is 0 Å². The Morgan fingerprint density at radius 3 is 2.72 bits per heavy atom. The lowest BCUT2D eigenvalue weighted by atomic mass is 10.2. The molecule has 36 heavy (non-hydrogen) atoms. The maximum atomic E-state index is 11.1. The average molecular weight is 492 g/mol. The molecule has 1 aromatic carbocycles. The van der Waals surface area contributed by atoms with Gasteiger partial charge in [-0.25, -0.2) is 15.0 Å². The zero-order chi connectivity index (χ0) is 24.9. The number of H-pyrrole nitrogens is 1. The van der Waals surface area contributed by atoms with Crippen LogP contribution >= 0.6 is 0 Å². The Kier molecular flexibility index (Phi) is 7.10. The number of rotatable bonds is 10. The number of carbonyl (C=O) groups is 1. The summed E-state index contributed by atoms with van der Waals surface area (Å²) in [6.07, 6.45) is 5.82. The van der Waals surface area contributed by atoms with Crippen LogP contribution in [0.25, 0.3) is 21.9 Å². The van der Waals surface area contributed by atoms with E-state index in [1.54, 1.807) is 13.3 Å². The van der Waals surface area contributed by atoms with Gasteiger partial charge in [-0.2, -0.15) is 0 Å². The number of nitrogens with two attached hydrogens (primary N) is 1. The highest BCUT2D eigenvalue weighted by Gasteiger charge is 2.18. The van der Waals surface area contributed by atoms with Crippen molar-refractivity contribution in [3.05, 3.63) is 43.0 Å². The van der Waals surface area contributed by atoms with E-state index in [2.05, 4.69) is 29.7 Å². The number of nitrogens with zero attached hydrogens (tertiary/aromatic N) is 5. The summed E-state index contributed by atoms with van der Waals surface area (Å²) >= 11 is 0. The fourth-order valence-electron chi connectivity index (χ4n) is 4.34. The molecule has 1 aliphatic heterocycles. The monoisotopic (exact) mass is 491 g/mol. The molecule has 11 nitrogen and oxygen atoms in total. The van der Waals surface area contributed by atoms with E-state index in [0.29, 0.717) is 47.2 Å². The fourth-order valence-corrected chi connectivity index (χ4v) is 4.34. The van der Waals surface area contributed by atoms with Crippen molar-refractivity contribution >= 4 is 27.8 Å². The number of aromatic amines is 1. The summed E-state index contributed by atoms with van der Waals surface area (Å²) in [7, 11) is 1.60. The van der Waals surface area contributed by atoms with Crippen LogP contribution in [-0.2, 0) is 4.79 Å². The minimum absolute atomic E-state index is 0.277. The van der Waals surface area contributed by atoms with Gasteiger partial charge in [0.2, 0.25) is 11.8 Å². The topological polar surface area (TPSA) is 132 Å². The molecule has 11 heteroatoms. The van der Waals surface area contributed by atoms with Crippen LogP contribution in [0, 0.1) is 0 Å². The van der Waals surface area contributed by atoms with Gasteiger partial charge in [-0.05, 0) is 24.6 Å². The third-order valence-electron chi connectivity index (χ3n) is 6.19. The van der Waals surface area contributed by atoms with Crippen molar-refractivity contribution in [2.45, 2.75) is 6.42 Å². The summed E-state index contributed by atoms with van der Waals surface area (Å²) in [4.78, 5) is 31.7. The van der Waals surface area contributed by atoms with E-state index in [-0.39, 0.29) is 5.91 Å². The quantitative estimate of drug-likeness (QED) is 0.320. The van der Waals surface area contributed by atoms with Crippen molar-refractivity contribution in [1.29, 1.82) is 0 Å². The highest BCUT2D eigenvalue weighted by molar-refractivity contribution is 5.87. The predicted octanol–water partition coefficient (Wildman–Crippen LogP) is 2.18. The second-order valence-electron chi connectivity index (χ2n) is 8.67. The maximum Gasteiger partial charge on any atom is 0.231 e. The van der Waals surface area contributed by atoms with Crippen LogP contribution in [0.15, 0.2) is 43.0 Å². The molecule has 4 aromatic rings. The Morgan fingerprint density at radius 2 is 1.92 bits per heavy atom. The molecule has 3 N–H and O–H groups in total. The van der Waals surface area contributed by atoms with Crippen molar-refractivity contribution < 1.29 is 19.0 Å². The number of pyridine rings is 1. The second-order valence-corrected chi connectivity index (χ2v) is 8.67. The predicted molar refractivity (Wildman–Crippen MR) is 134 cm³/mol. The van der Waals surface area contributed by atoms with Crippen LogP contribution in [0.2, 0.25) is 0 Å². The smallest absolute Gasteiger partial charge is 0.231 e. The lowest BCUT2D eigenvalue weighted by Gasteiger charge is -2.33. The van der Waals surface area contributed by atoms with Gasteiger partial charge in [-0.1, -0.05) is 0 Å². The number of nitrogens with one attached hydrogen (secondary N) is 1. The zero-order valence-electron chi connectivity index (χ0n) is 20.1. The second kappa shape index (κ2) is 10.8. The van der Waals surface area contributed by atoms with Crippen molar-refractivity contribution in [2.75, 3.05) is 53.0 Å². The Bertz CT molecular complexity index is 1350. The van der Waals surface area contributed by atoms with Gasteiger partial charge >= 0.3 is 0 Å². The number of ether oxygens (including phenoxy) is 3. The molecule has 188 valence electrons. The summed E-state index contributed by atoms with van der Waals surface area (Å²) in [5.41, 5.74) is 6.77. The normalized spacial score (nSPS) is 14.8.